The first-order valence-corrected chi connectivity index (χ1v) is 8.39. The molecule has 0 radical (unpaired) electrons. The number of nitrogens with one attached hydrogen (secondary N) is 1. The van der Waals surface area contributed by atoms with E-state index in [9.17, 15) is 4.79 Å². The number of rotatable bonds is 2. The SMILES string of the molecule is Cc1nc2ccc(C(=O)N[C@@H]3C[C@H]4CCN(C4)C3)cc2s1. The van der Waals surface area contributed by atoms with E-state index >= 15 is 0 Å². The predicted octanol–water partition coefficient (Wildman–Crippen LogP) is 2.43. The Labute approximate surface area is 128 Å². The van der Waals surface area contributed by atoms with Crippen molar-refractivity contribution in [2.24, 2.45) is 5.92 Å². The molecule has 0 saturated carbocycles. The quantitative estimate of drug-likeness (QED) is 0.926. The van der Waals surface area contributed by atoms with Gasteiger partial charge in [-0.2, -0.15) is 0 Å². The number of aryl methyl sites for hydroxylation is 1. The van der Waals surface area contributed by atoms with Crippen molar-refractivity contribution in [2.45, 2.75) is 25.8 Å². The van der Waals surface area contributed by atoms with Crippen molar-refractivity contribution in [2.75, 3.05) is 19.6 Å². The van der Waals surface area contributed by atoms with E-state index in [0.717, 1.165) is 39.7 Å². The predicted molar refractivity (Wildman–Crippen MR) is 84.8 cm³/mol. The Morgan fingerprint density at radius 1 is 1.43 bits per heavy atom. The maximum Gasteiger partial charge on any atom is 0.251 e. The molecule has 0 aliphatic carbocycles. The minimum atomic E-state index is 0.0513. The van der Waals surface area contributed by atoms with Gasteiger partial charge in [0.1, 0.15) is 0 Å². The van der Waals surface area contributed by atoms with Crippen molar-refractivity contribution in [3.05, 3.63) is 28.8 Å². The number of hydrogen-bond acceptors (Lipinski definition) is 4. The third-order valence-corrected chi connectivity index (χ3v) is 5.49. The van der Waals surface area contributed by atoms with Gasteiger partial charge in [-0.05, 0) is 50.4 Å². The van der Waals surface area contributed by atoms with E-state index < -0.39 is 0 Å². The molecule has 3 atom stereocenters. The Hall–Kier alpha value is -1.46. The van der Waals surface area contributed by atoms with Crippen LogP contribution >= 0.6 is 11.3 Å². The van der Waals surface area contributed by atoms with Crippen LogP contribution in [0.25, 0.3) is 10.2 Å². The van der Waals surface area contributed by atoms with E-state index in [4.69, 9.17) is 0 Å². The standard InChI is InChI=1S/C16H19N3OS/c1-10-17-14-3-2-12(7-15(14)21-10)16(20)18-13-6-11-4-5-19(8-11)9-13/h2-3,7,11,13H,4-6,8-9H2,1H3,(H,18,20)/t11-,13-/m1/s1. The van der Waals surface area contributed by atoms with Crippen LogP contribution in [0.4, 0.5) is 0 Å². The average Bonchev–Trinajstić information content (AvgIpc) is 2.99. The fourth-order valence-electron chi connectivity index (χ4n) is 3.61. The Morgan fingerprint density at radius 3 is 3.19 bits per heavy atom. The van der Waals surface area contributed by atoms with Crippen molar-refractivity contribution in [3.63, 3.8) is 0 Å². The Balaban J connectivity index is 1.50. The number of benzene rings is 1. The van der Waals surface area contributed by atoms with Gasteiger partial charge in [-0.25, -0.2) is 4.98 Å². The lowest BCUT2D eigenvalue weighted by Crippen LogP contribution is -2.47. The summed E-state index contributed by atoms with van der Waals surface area (Å²) in [7, 11) is 0. The van der Waals surface area contributed by atoms with Crippen LogP contribution in [0.5, 0.6) is 0 Å². The van der Waals surface area contributed by atoms with Gasteiger partial charge in [0.15, 0.2) is 0 Å². The smallest absolute Gasteiger partial charge is 0.251 e. The Kier molecular flexibility index (Phi) is 3.19. The first-order valence-electron chi connectivity index (χ1n) is 7.58. The van der Waals surface area contributed by atoms with E-state index in [-0.39, 0.29) is 5.91 Å². The summed E-state index contributed by atoms with van der Waals surface area (Å²) in [5.41, 5.74) is 1.73. The number of thiazole rings is 1. The Bertz CT molecular complexity index is 684. The maximum atomic E-state index is 12.5. The lowest BCUT2D eigenvalue weighted by Gasteiger charge is -2.30. The molecule has 2 bridgehead atoms. The molecule has 2 fully saturated rings. The number of carbonyl (C=O) groups is 1. The summed E-state index contributed by atoms with van der Waals surface area (Å²) >= 11 is 1.64. The summed E-state index contributed by atoms with van der Waals surface area (Å²) in [5.74, 6) is 0.825. The number of piperidine rings is 1. The van der Waals surface area contributed by atoms with Crippen molar-refractivity contribution >= 4 is 27.5 Å². The normalized spacial score (nSPS) is 28.0. The summed E-state index contributed by atoms with van der Waals surface area (Å²) in [6.07, 6.45) is 2.42. The molecule has 2 saturated heterocycles. The van der Waals surface area contributed by atoms with Gasteiger partial charge in [0, 0.05) is 24.7 Å². The molecule has 1 aromatic heterocycles. The second-order valence-electron chi connectivity index (χ2n) is 6.24. The molecular weight excluding hydrogens is 282 g/mol. The Morgan fingerprint density at radius 2 is 2.33 bits per heavy atom. The molecule has 110 valence electrons. The zero-order chi connectivity index (χ0) is 14.4. The molecule has 0 spiro atoms. The van der Waals surface area contributed by atoms with Crippen LogP contribution in [0.2, 0.25) is 0 Å². The maximum absolute atomic E-state index is 12.5. The molecule has 1 aromatic carbocycles. The van der Waals surface area contributed by atoms with Crippen molar-refractivity contribution in [1.29, 1.82) is 0 Å². The molecular formula is C16H19N3OS. The molecule has 4 nitrogen and oxygen atoms in total. The highest BCUT2D eigenvalue weighted by Gasteiger charge is 2.32. The monoisotopic (exact) mass is 301 g/mol. The third-order valence-electron chi connectivity index (χ3n) is 4.56. The van der Waals surface area contributed by atoms with Crippen LogP contribution < -0.4 is 5.32 Å². The van der Waals surface area contributed by atoms with Gasteiger partial charge in [-0.15, -0.1) is 11.3 Å². The molecule has 2 aromatic rings. The van der Waals surface area contributed by atoms with Gasteiger partial charge in [-0.1, -0.05) is 0 Å². The third kappa shape index (κ3) is 2.56. The summed E-state index contributed by atoms with van der Waals surface area (Å²) in [4.78, 5) is 19.4. The van der Waals surface area contributed by atoms with Crippen LogP contribution in [0.1, 0.15) is 28.2 Å². The molecule has 1 N–H and O–H groups in total. The van der Waals surface area contributed by atoms with E-state index in [1.54, 1.807) is 11.3 Å². The molecule has 3 heterocycles. The molecule has 1 unspecified atom stereocenters. The summed E-state index contributed by atoms with van der Waals surface area (Å²) < 4.78 is 1.09. The highest BCUT2D eigenvalue weighted by molar-refractivity contribution is 7.18. The summed E-state index contributed by atoms with van der Waals surface area (Å²) in [6.45, 7) is 5.42. The minimum absolute atomic E-state index is 0.0513. The second-order valence-corrected chi connectivity index (χ2v) is 7.47. The van der Waals surface area contributed by atoms with Crippen LogP contribution in [0.15, 0.2) is 18.2 Å². The van der Waals surface area contributed by atoms with Gasteiger partial charge in [0.2, 0.25) is 0 Å². The van der Waals surface area contributed by atoms with E-state index in [2.05, 4.69) is 15.2 Å². The first kappa shape index (κ1) is 13.2. The highest BCUT2D eigenvalue weighted by Crippen LogP contribution is 2.27. The zero-order valence-electron chi connectivity index (χ0n) is 12.1. The number of aromatic nitrogens is 1. The van der Waals surface area contributed by atoms with Crippen LogP contribution in [-0.2, 0) is 0 Å². The molecule has 2 aliphatic rings. The van der Waals surface area contributed by atoms with Crippen molar-refractivity contribution in [3.8, 4) is 0 Å². The number of hydrogen-bond donors (Lipinski definition) is 1. The van der Waals surface area contributed by atoms with Crippen LogP contribution in [0.3, 0.4) is 0 Å². The van der Waals surface area contributed by atoms with Crippen LogP contribution in [-0.4, -0.2) is 41.5 Å². The van der Waals surface area contributed by atoms with Gasteiger partial charge in [0.25, 0.3) is 5.91 Å². The van der Waals surface area contributed by atoms with E-state index in [0.29, 0.717) is 6.04 Å². The lowest BCUT2D eigenvalue weighted by atomic mass is 9.96. The molecule has 5 heteroatoms. The summed E-state index contributed by atoms with van der Waals surface area (Å²) in [6, 6.07) is 6.10. The van der Waals surface area contributed by atoms with E-state index in [1.165, 1.54) is 19.5 Å². The number of amides is 1. The molecule has 1 amide bonds. The van der Waals surface area contributed by atoms with Crippen molar-refractivity contribution < 1.29 is 4.79 Å². The van der Waals surface area contributed by atoms with Gasteiger partial charge in [-0.3, -0.25) is 4.79 Å². The van der Waals surface area contributed by atoms with Gasteiger partial charge in [0.05, 0.1) is 15.2 Å². The van der Waals surface area contributed by atoms with Crippen molar-refractivity contribution in [1.82, 2.24) is 15.2 Å². The number of fused-ring (bicyclic) bond motifs is 3. The molecule has 4 rings (SSSR count). The molecule has 2 aliphatic heterocycles. The summed E-state index contributed by atoms with van der Waals surface area (Å²) in [5, 5.41) is 4.25. The highest BCUT2D eigenvalue weighted by atomic mass is 32.1. The fraction of sp³-hybridized carbons (Fsp3) is 0.500. The first-order chi connectivity index (χ1) is 10.2. The lowest BCUT2D eigenvalue weighted by molar-refractivity contribution is 0.0909. The zero-order valence-corrected chi connectivity index (χ0v) is 12.9. The van der Waals surface area contributed by atoms with Gasteiger partial charge < -0.3 is 10.2 Å². The second kappa shape index (κ2) is 5.07. The minimum Gasteiger partial charge on any atom is -0.348 e. The fourth-order valence-corrected chi connectivity index (χ4v) is 4.48. The van der Waals surface area contributed by atoms with Crippen LogP contribution in [0, 0.1) is 12.8 Å². The largest absolute Gasteiger partial charge is 0.348 e. The molecule has 21 heavy (non-hydrogen) atoms. The van der Waals surface area contributed by atoms with E-state index in [1.807, 2.05) is 25.1 Å². The van der Waals surface area contributed by atoms with Gasteiger partial charge >= 0.3 is 0 Å². The number of nitrogens with zero attached hydrogens (tertiary/aromatic N) is 2. The topological polar surface area (TPSA) is 45.2 Å². The average molecular weight is 301 g/mol. The number of carbonyl (C=O) groups excluding carboxylic acids is 1.